The summed E-state index contributed by atoms with van der Waals surface area (Å²) in [5, 5.41) is 18.6. The van der Waals surface area contributed by atoms with Crippen LogP contribution in [0.25, 0.3) is 0 Å². The number of benzene rings is 2. The van der Waals surface area contributed by atoms with Crippen LogP contribution in [0, 0.1) is 16.7 Å². The van der Waals surface area contributed by atoms with E-state index in [4.69, 9.17) is 22.7 Å². The second kappa shape index (κ2) is 12.6. The summed E-state index contributed by atoms with van der Waals surface area (Å²) >= 11 is 6.44. The first kappa shape index (κ1) is 30.2. The van der Waals surface area contributed by atoms with E-state index in [1.54, 1.807) is 72.2 Å². The minimum atomic E-state index is -1.64. The number of nitrogens with two attached hydrogens (primary N) is 1. The summed E-state index contributed by atoms with van der Waals surface area (Å²) in [5.74, 6) is -1.76. The summed E-state index contributed by atoms with van der Waals surface area (Å²) in [5.41, 5.74) is 4.38. The highest BCUT2D eigenvalue weighted by atomic mass is 35.5. The monoisotopic (exact) mass is 554 g/mol. The number of piperidine rings is 1. The Morgan fingerprint density at radius 2 is 1.74 bits per heavy atom. The number of rotatable bonds is 11. The summed E-state index contributed by atoms with van der Waals surface area (Å²) in [4.78, 5) is 43.1. The number of hydrogen-bond donors (Lipinski definition) is 3. The van der Waals surface area contributed by atoms with Crippen LogP contribution in [-0.4, -0.2) is 58.2 Å². The van der Waals surface area contributed by atoms with Crippen molar-refractivity contribution in [3.8, 4) is 0 Å². The third-order valence-electron chi connectivity index (χ3n) is 7.84. The molecule has 0 aliphatic carbocycles. The van der Waals surface area contributed by atoms with Crippen molar-refractivity contribution in [2.24, 2.45) is 17.1 Å². The number of carbonyl (C=O) groups is 3. The van der Waals surface area contributed by atoms with Gasteiger partial charge < -0.3 is 20.6 Å². The maximum Gasteiger partial charge on any atom is 0.303 e. The van der Waals surface area contributed by atoms with Crippen molar-refractivity contribution in [2.75, 3.05) is 19.6 Å². The summed E-state index contributed by atoms with van der Waals surface area (Å²) < 4.78 is 0. The molecular weight excluding hydrogens is 516 g/mol. The lowest BCUT2D eigenvalue weighted by atomic mass is 9.64. The molecule has 1 aliphatic heterocycles. The summed E-state index contributed by atoms with van der Waals surface area (Å²) in [6, 6.07) is 15.7. The van der Waals surface area contributed by atoms with Gasteiger partial charge in [-0.15, -0.1) is 0 Å². The van der Waals surface area contributed by atoms with Crippen molar-refractivity contribution < 1.29 is 19.5 Å². The molecular formula is C30H39ClN4O4. The Balaban J connectivity index is 2.18. The molecule has 2 amide bonds. The summed E-state index contributed by atoms with van der Waals surface area (Å²) in [6.07, 6.45) is 2.63. The van der Waals surface area contributed by atoms with Gasteiger partial charge in [0.2, 0.25) is 5.91 Å². The molecule has 8 nitrogen and oxygen atoms in total. The SMILES string of the molecule is CCCCN(C(=O)c1ccccc1)C(C(=N)N)(c1cccc(Cl)c1)C(C)(C)C(=O)N1CCC(CC(=O)O)CC1. The van der Waals surface area contributed by atoms with Gasteiger partial charge in [0, 0.05) is 36.6 Å². The zero-order valence-electron chi connectivity index (χ0n) is 23.0. The standard InChI is InChI=1S/C30H39ClN4O4/c1-4-5-16-35(26(38)22-10-7-6-8-11-22)30(27(32)33,23-12-9-13-24(31)20-23)29(2,3)28(39)34-17-14-21(15-18-34)19-25(36)37/h6-13,20-21H,4-5,14-19H2,1-3H3,(H3,32,33)(H,36,37). The lowest BCUT2D eigenvalue weighted by molar-refractivity contribution is -0.148. The first-order valence-corrected chi connectivity index (χ1v) is 13.8. The molecule has 0 bridgehead atoms. The molecule has 1 unspecified atom stereocenters. The van der Waals surface area contributed by atoms with Crippen LogP contribution in [0.4, 0.5) is 0 Å². The zero-order chi connectivity index (χ0) is 28.8. The second-order valence-electron chi connectivity index (χ2n) is 10.8. The first-order valence-electron chi connectivity index (χ1n) is 13.5. The van der Waals surface area contributed by atoms with Gasteiger partial charge in [-0.2, -0.15) is 0 Å². The van der Waals surface area contributed by atoms with E-state index in [0.29, 0.717) is 48.5 Å². The van der Waals surface area contributed by atoms with Crippen LogP contribution in [-0.2, 0) is 15.1 Å². The van der Waals surface area contributed by atoms with Gasteiger partial charge in [-0.05, 0) is 68.9 Å². The van der Waals surface area contributed by atoms with E-state index in [2.05, 4.69) is 0 Å². The number of unbranched alkanes of at least 4 members (excludes halogenated alkanes) is 1. The third kappa shape index (κ3) is 6.11. The average Bonchev–Trinajstić information content (AvgIpc) is 2.90. The van der Waals surface area contributed by atoms with Gasteiger partial charge in [0.25, 0.3) is 5.91 Å². The van der Waals surface area contributed by atoms with E-state index in [9.17, 15) is 19.5 Å². The number of carboxylic acid groups (broad SMARTS) is 1. The predicted molar refractivity (Wildman–Crippen MR) is 153 cm³/mol. The van der Waals surface area contributed by atoms with Crippen molar-refractivity contribution in [3.63, 3.8) is 0 Å². The van der Waals surface area contributed by atoms with Gasteiger partial charge >= 0.3 is 5.97 Å². The van der Waals surface area contributed by atoms with Crippen LogP contribution in [0.5, 0.6) is 0 Å². The molecule has 9 heteroatoms. The smallest absolute Gasteiger partial charge is 0.303 e. The van der Waals surface area contributed by atoms with Crippen LogP contribution in [0.1, 0.15) is 68.8 Å². The highest BCUT2D eigenvalue weighted by molar-refractivity contribution is 6.30. The minimum Gasteiger partial charge on any atom is -0.481 e. The Labute approximate surface area is 235 Å². The van der Waals surface area contributed by atoms with Crippen molar-refractivity contribution in [1.29, 1.82) is 5.41 Å². The number of carbonyl (C=O) groups excluding carboxylic acids is 2. The molecule has 1 saturated heterocycles. The fraction of sp³-hybridized carbons (Fsp3) is 0.467. The quantitative estimate of drug-likeness (QED) is 0.261. The lowest BCUT2D eigenvalue weighted by Crippen LogP contribution is -2.68. The lowest BCUT2D eigenvalue weighted by Gasteiger charge is -2.53. The zero-order valence-corrected chi connectivity index (χ0v) is 23.7. The number of nitrogens with zero attached hydrogens (tertiary/aromatic N) is 2. The number of nitrogens with one attached hydrogen (secondary N) is 1. The largest absolute Gasteiger partial charge is 0.481 e. The van der Waals surface area contributed by atoms with Crippen molar-refractivity contribution in [3.05, 3.63) is 70.7 Å². The Hall–Kier alpha value is -3.39. The fourth-order valence-corrected chi connectivity index (χ4v) is 6.01. The normalized spacial score (nSPS) is 15.8. The van der Waals surface area contributed by atoms with Crippen molar-refractivity contribution >= 4 is 35.2 Å². The first-order chi connectivity index (χ1) is 18.5. The molecule has 0 aromatic heterocycles. The van der Waals surface area contributed by atoms with E-state index in [0.717, 1.165) is 6.42 Å². The highest BCUT2D eigenvalue weighted by Crippen LogP contribution is 2.48. The maximum atomic E-state index is 14.4. The topological polar surface area (TPSA) is 128 Å². The number of amides is 2. The van der Waals surface area contributed by atoms with E-state index in [1.165, 1.54) is 0 Å². The molecule has 4 N–H and O–H groups in total. The van der Waals surface area contributed by atoms with E-state index < -0.39 is 16.9 Å². The Morgan fingerprint density at radius 3 is 2.28 bits per heavy atom. The van der Waals surface area contributed by atoms with Gasteiger partial charge in [0.05, 0.1) is 5.41 Å². The van der Waals surface area contributed by atoms with Crippen LogP contribution in [0.15, 0.2) is 54.6 Å². The predicted octanol–water partition coefficient (Wildman–Crippen LogP) is 5.15. The molecule has 3 rings (SSSR count). The van der Waals surface area contributed by atoms with Crippen LogP contribution >= 0.6 is 11.6 Å². The highest BCUT2D eigenvalue weighted by Gasteiger charge is 2.60. The number of amidine groups is 1. The molecule has 0 radical (unpaired) electrons. The molecule has 1 atom stereocenters. The number of carboxylic acids is 1. The van der Waals surface area contributed by atoms with Crippen molar-refractivity contribution in [1.82, 2.24) is 9.80 Å². The molecule has 0 spiro atoms. The van der Waals surface area contributed by atoms with E-state index in [-0.39, 0.29) is 36.5 Å². The number of halogens is 1. The second-order valence-corrected chi connectivity index (χ2v) is 11.2. The Kier molecular flexibility index (Phi) is 9.78. The summed E-state index contributed by atoms with van der Waals surface area (Å²) in [6.45, 7) is 6.54. The molecule has 2 aromatic rings. The van der Waals surface area contributed by atoms with Crippen molar-refractivity contribution in [2.45, 2.75) is 58.4 Å². The molecule has 1 aliphatic rings. The van der Waals surface area contributed by atoms with Crippen LogP contribution < -0.4 is 5.73 Å². The third-order valence-corrected chi connectivity index (χ3v) is 8.08. The average molecular weight is 555 g/mol. The van der Waals surface area contributed by atoms with E-state index >= 15 is 0 Å². The van der Waals surface area contributed by atoms with Crippen LogP contribution in [0.2, 0.25) is 5.02 Å². The van der Waals surface area contributed by atoms with Gasteiger partial charge in [-0.25, -0.2) is 0 Å². The minimum absolute atomic E-state index is 0.000803. The molecule has 0 saturated carbocycles. The fourth-order valence-electron chi connectivity index (χ4n) is 5.82. The Morgan fingerprint density at radius 1 is 1.10 bits per heavy atom. The van der Waals surface area contributed by atoms with Gasteiger partial charge in [-0.3, -0.25) is 19.8 Å². The molecule has 1 fully saturated rings. The summed E-state index contributed by atoms with van der Waals surface area (Å²) in [7, 11) is 0. The molecule has 210 valence electrons. The van der Waals surface area contributed by atoms with Gasteiger partial charge in [0.1, 0.15) is 11.4 Å². The van der Waals surface area contributed by atoms with Crippen LogP contribution in [0.3, 0.4) is 0 Å². The molecule has 2 aromatic carbocycles. The number of hydrogen-bond acceptors (Lipinski definition) is 4. The number of aliphatic carboxylic acids is 1. The number of likely N-dealkylation sites (tertiary alicyclic amines) is 1. The van der Waals surface area contributed by atoms with Gasteiger partial charge in [-0.1, -0.05) is 55.3 Å². The maximum absolute atomic E-state index is 14.4. The molecule has 39 heavy (non-hydrogen) atoms. The van der Waals surface area contributed by atoms with Gasteiger partial charge in [0.15, 0.2) is 0 Å². The Bertz CT molecular complexity index is 1190. The van der Waals surface area contributed by atoms with E-state index in [1.807, 2.05) is 13.0 Å². The molecule has 1 heterocycles.